The normalized spacial score (nSPS) is 21.9. The highest BCUT2D eigenvalue weighted by atomic mass is 14.8. The van der Waals surface area contributed by atoms with Gasteiger partial charge >= 0.3 is 0 Å². The van der Waals surface area contributed by atoms with E-state index in [9.17, 15) is 0 Å². The quantitative estimate of drug-likeness (QED) is 0.732. The topological polar surface area (TPSA) is 38.4 Å². The van der Waals surface area contributed by atoms with E-state index in [-0.39, 0.29) is 0 Å². The summed E-state index contributed by atoms with van der Waals surface area (Å²) in [6.07, 6.45) is 6.54. The van der Waals surface area contributed by atoms with Crippen molar-refractivity contribution in [3.63, 3.8) is 0 Å². The summed E-state index contributed by atoms with van der Waals surface area (Å²) >= 11 is 0. The van der Waals surface area contributed by atoms with Crippen LogP contribution >= 0.6 is 0 Å². The SMILES string of the molecule is C=c1cc(N)c(N=C2C=CCCC2C)cc1=C. The van der Waals surface area contributed by atoms with Crippen LogP contribution in [-0.2, 0) is 0 Å². The van der Waals surface area contributed by atoms with Crippen LogP contribution in [0.2, 0.25) is 0 Å². The van der Waals surface area contributed by atoms with Crippen LogP contribution in [0, 0.1) is 5.92 Å². The highest BCUT2D eigenvalue weighted by Gasteiger charge is 2.11. The summed E-state index contributed by atoms with van der Waals surface area (Å²) in [6, 6.07) is 3.73. The first-order chi connectivity index (χ1) is 8.08. The molecule has 0 spiro atoms. The fraction of sp³-hybridized carbons (Fsp3) is 0.267. The number of nitrogens with two attached hydrogens (primary N) is 1. The summed E-state index contributed by atoms with van der Waals surface area (Å²) < 4.78 is 0. The lowest BCUT2D eigenvalue weighted by atomic mass is 9.94. The van der Waals surface area contributed by atoms with E-state index in [1.807, 2.05) is 12.1 Å². The van der Waals surface area contributed by atoms with Crippen LogP contribution in [0.25, 0.3) is 13.2 Å². The van der Waals surface area contributed by atoms with Crippen LogP contribution in [0.15, 0.2) is 29.3 Å². The third-order valence-electron chi connectivity index (χ3n) is 3.16. The molecular formula is C15H18N2. The van der Waals surface area contributed by atoms with E-state index in [1.165, 1.54) is 0 Å². The molecule has 2 N–H and O–H groups in total. The van der Waals surface area contributed by atoms with Crippen LogP contribution in [-0.4, -0.2) is 5.71 Å². The molecule has 0 fully saturated rings. The van der Waals surface area contributed by atoms with Gasteiger partial charge in [-0.25, -0.2) is 0 Å². The Morgan fingerprint density at radius 2 is 2.00 bits per heavy atom. The molecule has 0 aromatic heterocycles. The van der Waals surface area contributed by atoms with Gasteiger partial charge in [0.05, 0.1) is 11.4 Å². The zero-order valence-electron chi connectivity index (χ0n) is 10.2. The molecule has 0 radical (unpaired) electrons. The zero-order chi connectivity index (χ0) is 12.4. The highest BCUT2D eigenvalue weighted by Crippen LogP contribution is 2.22. The third-order valence-corrected chi connectivity index (χ3v) is 3.16. The standard InChI is InChI=1S/C15H18N2/c1-10-6-4-5-7-14(10)17-15-9-12(3)11(2)8-13(15)16/h5,7-10H,2-4,6,16H2,1H3. The molecule has 0 bridgehead atoms. The van der Waals surface area contributed by atoms with E-state index < -0.39 is 0 Å². The van der Waals surface area contributed by atoms with Gasteiger partial charge in [0.1, 0.15) is 0 Å². The smallest absolute Gasteiger partial charge is 0.0868 e. The fourth-order valence-corrected chi connectivity index (χ4v) is 1.94. The maximum Gasteiger partial charge on any atom is 0.0868 e. The van der Waals surface area contributed by atoms with E-state index in [1.54, 1.807) is 0 Å². The molecule has 1 aliphatic carbocycles. The maximum absolute atomic E-state index is 5.95. The lowest BCUT2D eigenvalue weighted by Gasteiger charge is -2.15. The minimum absolute atomic E-state index is 0.493. The van der Waals surface area contributed by atoms with Crippen molar-refractivity contribution in [1.82, 2.24) is 0 Å². The van der Waals surface area contributed by atoms with E-state index in [2.05, 4.69) is 37.2 Å². The van der Waals surface area contributed by atoms with Gasteiger partial charge in [-0.05, 0) is 47.4 Å². The van der Waals surface area contributed by atoms with Gasteiger partial charge in [-0.2, -0.15) is 0 Å². The number of allylic oxidation sites excluding steroid dienone is 2. The van der Waals surface area contributed by atoms with E-state index >= 15 is 0 Å². The zero-order valence-corrected chi connectivity index (χ0v) is 10.2. The fourth-order valence-electron chi connectivity index (χ4n) is 1.94. The average molecular weight is 226 g/mol. The van der Waals surface area contributed by atoms with Gasteiger partial charge in [-0.15, -0.1) is 0 Å². The largest absolute Gasteiger partial charge is 0.397 e. The second-order valence-corrected chi connectivity index (χ2v) is 4.60. The Bertz CT molecular complexity index is 582. The van der Waals surface area contributed by atoms with Crippen molar-refractivity contribution in [2.24, 2.45) is 10.9 Å². The Kier molecular flexibility index (Phi) is 3.14. The van der Waals surface area contributed by atoms with Gasteiger partial charge in [0, 0.05) is 5.71 Å². The molecule has 88 valence electrons. The number of nitrogens with zero attached hydrogens (tertiary/aromatic N) is 1. The van der Waals surface area contributed by atoms with Gasteiger partial charge in [0.15, 0.2) is 0 Å². The van der Waals surface area contributed by atoms with Crippen LogP contribution in [0.3, 0.4) is 0 Å². The number of rotatable bonds is 1. The first-order valence-corrected chi connectivity index (χ1v) is 5.90. The van der Waals surface area contributed by atoms with Crippen molar-refractivity contribution < 1.29 is 0 Å². The molecule has 17 heavy (non-hydrogen) atoms. The summed E-state index contributed by atoms with van der Waals surface area (Å²) in [5.41, 5.74) is 8.52. The van der Waals surface area contributed by atoms with Crippen molar-refractivity contribution in [3.05, 3.63) is 34.7 Å². The summed E-state index contributed by atoms with van der Waals surface area (Å²) in [4.78, 5) is 4.64. The summed E-state index contributed by atoms with van der Waals surface area (Å²) in [6.45, 7) is 10.0. The minimum atomic E-state index is 0.493. The summed E-state index contributed by atoms with van der Waals surface area (Å²) in [5.74, 6) is 0.493. The molecule has 1 unspecified atom stereocenters. The molecule has 0 amide bonds. The predicted molar refractivity (Wildman–Crippen MR) is 75.8 cm³/mol. The highest BCUT2D eigenvalue weighted by molar-refractivity contribution is 5.99. The van der Waals surface area contributed by atoms with Crippen LogP contribution in [0.4, 0.5) is 11.4 Å². The van der Waals surface area contributed by atoms with Crippen molar-refractivity contribution in [3.8, 4) is 0 Å². The van der Waals surface area contributed by atoms with E-state index in [0.717, 1.165) is 34.7 Å². The molecule has 1 atom stereocenters. The Balaban J connectivity index is 2.48. The van der Waals surface area contributed by atoms with E-state index in [0.29, 0.717) is 11.6 Å². The van der Waals surface area contributed by atoms with Crippen molar-refractivity contribution in [2.45, 2.75) is 19.8 Å². The first-order valence-electron chi connectivity index (χ1n) is 5.90. The molecule has 1 aromatic rings. The van der Waals surface area contributed by atoms with Crippen LogP contribution in [0.5, 0.6) is 0 Å². The van der Waals surface area contributed by atoms with Gasteiger partial charge in [-0.1, -0.05) is 26.2 Å². The maximum atomic E-state index is 5.95. The third kappa shape index (κ3) is 2.47. The van der Waals surface area contributed by atoms with Crippen molar-refractivity contribution in [2.75, 3.05) is 5.73 Å². The number of hydrogen-bond donors (Lipinski definition) is 1. The molecule has 0 heterocycles. The molecule has 2 nitrogen and oxygen atoms in total. The lowest BCUT2D eigenvalue weighted by molar-refractivity contribution is 0.684. The molecule has 2 rings (SSSR count). The molecule has 1 aromatic carbocycles. The summed E-state index contributed by atoms with van der Waals surface area (Å²) in [7, 11) is 0. The monoisotopic (exact) mass is 226 g/mol. The van der Waals surface area contributed by atoms with Crippen LogP contribution in [0.1, 0.15) is 19.8 Å². The average Bonchev–Trinajstić information content (AvgIpc) is 2.29. The van der Waals surface area contributed by atoms with Gasteiger partial charge in [-0.3, -0.25) is 4.99 Å². The summed E-state index contributed by atoms with van der Waals surface area (Å²) in [5, 5.41) is 1.74. The number of hydrogen-bond acceptors (Lipinski definition) is 2. The van der Waals surface area contributed by atoms with Gasteiger partial charge in [0.25, 0.3) is 0 Å². The minimum Gasteiger partial charge on any atom is -0.397 e. The Labute approximate surface area is 102 Å². The number of benzene rings is 1. The molecular weight excluding hydrogens is 208 g/mol. The van der Waals surface area contributed by atoms with Gasteiger partial charge < -0.3 is 5.73 Å². The van der Waals surface area contributed by atoms with Crippen molar-refractivity contribution >= 4 is 30.2 Å². The molecule has 2 heteroatoms. The molecule has 1 aliphatic rings. The number of anilines is 1. The molecule has 0 aliphatic heterocycles. The molecule has 0 saturated heterocycles. The number of aliphatic imine (C=N–C) groups is 1. The Morgan fingerprint density at radius 1 is 1.29 bits per heavy atom. The van der Waals surface area contributed by atoms with Crippen LogP contribution < -0.4 is 16.2 Å². The number of nitrogen functional groups attached to an aromatic ring is 1. The van der Waals surface area contributed by atoms with E-state index in [4.69, 9.17) is 5.73 Å². The second-order valence-electron chi connectivity index (χ2n) is 4.60. The van der Waals surface area contributed by atoms with Crippen molar-refractivity contribution in [1.29, 1.82) is 0 Å². The first kappa shape index (κ1) is 11.6. The second kappa shape index (κ2) is 4.58. The lowest BCUT2D eigenvalue weighted by Crippen LogP contribution is -2.21. The predicted octanol–water partition coefficient (Wildman–Crippen LogP) is 2.15. The molecule has 0 saturated carbocycles. The Hall–Kier alpha value is -1.83. The van der Waals surface area contributed by atoms with Gasteiger partial charge in [0.2, 0.25) is 0 Å². The Morgan fingerprint density at radius 3 is 2.71 bits per heavy atom.